The number of fused-ring (bicyclic) bond motifs is 1. The number of rotatable bonds is 2. The van der Waals surface area contributed by atoms with Crippen LogP contribution in [0.4, 0.5) is 0 Å². The summed E-state index contributed by atoms with van der Waals surface area (Å²) in [6.45, 7) is 0. The van der Waals surface area contributed by atoms with E-state index in [9.17, 15) is 13.2 Å². The molecule has 1 heterocycles. The standard InChI is InChI=1S/C11H7NO5S/c1-18(14,15)17-9-2-3-10-7(5-9)4-8(6-12)11(13)16-10/h2-5H,1H3. The molecule has 0 aliphatic heterocycles. The van der Waals surface area contributed by atoms with Crippen molar-refractivity contribution in [3.05, 3.63) is 40.2 Å². The van der Waals surface area contributed by atoms with Gasteiger partial charge in [0.15, 0.2) is 0 Å². The van der Waals surface area contributed by atoms with Crippen LogP contribution in [0.1, 0.15) is 5.56 Å². The molecule has 0 N–H and O–H groups in total. The predicted octanol–water partition coefficient (Wildman–Crippen LogP) is 1.00. The highest BCUT2D eigenvalue weighted by atomic mass is 32.2. The lowest BCUT2D eigenvalue weighted by atomic mass is 10.2. The zero-order valence-electron chi connectivity index (χ0n) is 9.21. The average molecular weight is 265 g/mol. The molecule has 0 aliphatic rings. The maximum absolute atomic E-state index is 11.3. The Bertz CT molecular complexity index is 813. The lowest BCUT2D eigenvalue weighted by molar-refractivity contribution is 0.492. The average Bonchev–Trinajstić information content (AvgIpc) is 2.26. The summed E-state index contributed by atoms with van der Waals surface area (Å²) in [7, 11) is -3.63. The number of benzene rings is 1. The third-order valence-corrected chi connectivity index (χ3v) is 2.57. The van der Waals surface area contributed by atoms with Gasteiger partial charge in [-0.05, 0) is 24.3 Å². The van der Waals surface area contributed by atoms with Gasteiger partial charge in [0.05, 0.1) is 6.26 Å². The van der Waals surface area contributed by atoms with Crippen molar-refractivity contribution in [1.29, 1.82) is 5.26 Å². The topological polar surface area (TPSA) is 97.4 Å². The zero-order chi connectivity index (χ0) is 13.3. The highest BCUT2D eigenvalue weighted by Crippen LogP contribution is 2.21. The summed E-state index contributed by atoms with van der Waals surface area (Å²) in [4.78, 5) is 11.3. The second-order valence-electron chi connectivity index (χ2n) is 3.55. The summed E-state index contributed by atoms with van der Waals surface area (Å²) in [6.07, 6.45) is 0.920. The van der Waals surface area contributed by atoms with E-state index in [1.165, 1.54) is 24.3 Å². The van der Waals surface area contributed by atoms with Crippen molar-refractivity contribution in [3.63, 3.8) is 0 Å². The van der Waals surface area contributed by atoms with E-state index in [1.54, 1.807) is 6.07 Å². The molecular formula is C11H7NO5S. The summed E-state index contributed by atoms with van der Waals surface area (Å²) in [5.74, 6) is 0.0859. The Morgan fingerprint density at radius 2 is 2.06 bits per heavy atom. The molecule has 18 heavy (non-hydrogen) atoms. The molecule has 0 spiro atoms. The summed E-state index contributed by atoms with van der Waals surface area (Å²) >= 11 is 0. The maximum atomic E-state index is 11.3. The number of hydrogen-bond donors (Lipinski definition) is 0. The first-order chi connectivity index (χ1) is 8.39. The van der Waals surface area contributed by atoms with Gasteiger partial charge in [0.1, 0.15) is 23.0 Å². The van der Waals surface area contributed by atoms with E-state index in [4.69, 9.17) is 9.68 Å². The van der Waals surface area contributed by atoms with E-state index < -0.39 is 15.7 Å². The lowest BCUT2D eigenvalue weighted by Gasteiger charge is -2.03. The normalized spacial score (nSPS) is 11.1. The van der Waals surface area contributed by atoms with Gasteiger partial charge in [-0.3, -0.25) is 0 Å². The Labute approximate surface area is 102 Å². The molecule has 92 valence electrons. The molecule has 2 aromatic rings. The minimum atomic E-state index is -3.63. The Balaban J connectivity index is 2.62. The van der Waals surface area contributed by atoms with Crippen molar-refractivity contribution in [2.24, 2.45) is 0 Å². The minimum absolute atomic E-state index is 0.0859. The Kier molecular flexibility index (Phi) is 2.80. The van der Waals surface area contributed by atoms with Crippen LogP contribution in [0.25, 0.3) is 11.0 Å². The Hall–Kier alpha value is -2.33. The highest BCUT2D eigenvalue weighted by Gasteiger charge is 2.08. The number of nitrogens with zero attached hydrogens (tertiary/aromatic N) is 1. The smallest absolute Gasteiger partial charge is 0.354 e. The first-order valence-corrected chi connectivity index (χ1v) is 6.58. The van der Waals surface area contributed by atoms with Crippen LogP contribution < -0.4 is 9.81 Å². The summed E-state index contributed by atoms with van der Waals surface area (Å²) in [5.41, 5.74) is -0.638. The van der Waals surface area contributed by atoms with Gasteiger partial charge in [0.25, 0.3) is 0 Å². The van der Waals surface area contributed by atoms with E-state index in [2.05, 4.69) is 4.18 Å². The summed E-state index contributed by atoms with van der Waals surface area (Å²) in [5, 5.41) is 9.11. The SMILES string of the molecule is CS(=O)(=O)Oc1ccc2oc(=O)c(C#N)cc2c1. The minimum Gasteiger partial charge on any atom is -0.422 e. The molecule has 0 fully saturated rings. The Morgan fingerprint density at radius 3 is 2.67 bits per heavy atom. The molecule has 0 radical (unpaired) electrons. The van der Waals surface area contributed by atoms with Gasteiger partial charge >= 0.3 is 15.7 Å². The van der Waals surface area contributed by atoms with E-state index in [0.29, 0.717) is 5.39 Å². The molecule has 2 rings (SSSR count). The van der Waals surface area contributed by atoms with Crippen molar-refractivity contribution >= 4 is 21.1 Å². The van der Waals surface area contributed by atoms with Gasteiger partial charge in [0.2, 0.25) is 0 Å². The number of nitriles is 1. The maximum Gasteiger partial charge on any atom is 0.354 e. The van der Waals surface area contributed by atoms with Crippen LogP contribution in [0, 0.1) is 11.3 Å². The van der Waals surface area contributed by atoms with Gasteiger partial charge in [-0.25, -0.2) is 4.79 Å². The lowest BCUT2D eigenvalue weighted by Crippen LogP contribution is -2.06. The molecule has 6 nitrogen and oxygen atoms in total. The van der Waals surface area contributed by atoms with Crippen LogP contribution in [0.5, 0.6) is 5.75 Å². The molecule has 0 saturated carbocycles. The monoisotopic (exact) mass is 265 g/mol. The van der Waals surface area contributed by atoms with Gasteiger partial charge in [-0.15, -0.1) is 0 Å². The highest BCUT2D eigenvalue weighted by molar-refractivity contribution is 7.86. The molecule has 0 atom stereocenters. The van der Waals surface area contributed by atoms with Crippen molar-refractivity contribution in [2.45, 2.75) is 0 Å². The third-order valence-electron chi connectivity index (χ3n) is 2.07. The first kappa shape index (κ1) is 12.1. The van der Waals surface area contributed by atoms with Crippen molar-refractivity contribution in [2.75, 3.05) is 6.26 Å². The van der Waals surface area contributed by atoms with E-state index in [1.807, 2.05) is 0 Å². The van der Waals surface area contributed by atoms with Gasteiger partial charge < -0.3 is 8.60 Å². The van der Waals surface area contributed by atoms with Crippen LogP contribution in [0.2, 0.25) is 0 Å². The van der Waals surface area contributed by atoms with Crippen LogP contribution >= 0.6 is 0 Å². The van der Waals surface area contributed by atoms with Gasteiger partial charge in [0, 0.05) is 5.39 Å². The van der Waals surface area contributed by atoms with Crippen molar-refractivity contribution < 1.29 is 17.0 Å². The number of hydrogen-bond acceptors (Lipinski definition) is 6. The molecule has 0 amide bonds. The predicted molar refractivity (Wildman–Crippen MR) is 62.7 cm³/mol. The Morgan fingerprint density at radius 1 is 1.33 bits per heavy atom. The second kappa shape index (κ2) is 4.16. The third kappa shape index (κ3) is 2.49. The second-order valence-corrected chi connectivity index (χ2v) is 5.12. The molecule has 0 aliphatic carbocycles. The summed E-state index contributed by atoms with van der Waals surface area (Å²) in [6, 6.07) is 7.14. The van der Waals surface area contributed by atoms with Crippen LogP contribution in [-0.2, 0) is 10.1 Å². The zero-order valence-corrected chi connectivity index (χ0v) is 10.0. The fourth-order valence-corrected chi connectivity index (χ4v) is 1.86. The van der Waals surface area contributed by atoms with Gasteiger partial charge in [-0.1, -0.05) is 0 Å². The van der Waals surface area contributed by atoms with Gasteiger partial charge in [-0.2, -0.15) is 13.7 Å². The fraction of sp³-hybridized carbons (Fsp3) is 0.0909. The van der Waals surface area contributed by atoms with E-state index in [-0.39, 0.29) is 16.9 Å². The van der Waals surface area contributed by atoms with Crippen molar-refractivity contribution in [3.8, 4) is 11.8 Å². The quantitative estimate of drug-likeness (QED) is 0.593. The summed E-state index contributed by atoms with van der Waals surface area (Å²) < 4.78 is 31.5. The van der Waals surface area contributed by atoms with Crippen LogP contribution in [0.3, 0.4) is 0 Å². The largest absolute Gasteiger partial charge is 0.422 e. The molecular weight excluding hydrogens is 258 g/mol. The van der Waals surface area contributed by atoms with E-state index >= 15 is 0 Å². The molecule has 7 heteroatoms. The fourth-order valence-electron chi connectivity index (χ4n) is 1.41. The van der Waals surface area contributed by atoms with Crippen molar-refractivity contribution in [1.82, 2.24) is 0 Å². The molecule has 1 aromatic heterocycles. The molecule has 0 saturated heterocycles. The first-order valence-electron chi connectivity index (χ1n) is 4.76. The molecule has 0 unspecified atom stereocenters. The van der Waals surface area contributed by atoms with E-state index in [0.717, 1.165) is 6.26 Å². The van der Waals surface area contributed by atoms with Crippen LogP contribution in [0.15, 0.2) is 33.5 Å². The van der Waals surface area contributed by atoms with Crippen LogP contribution in [-0.4, -0.2) is 14.7 Å². The molecule has 1 aromatic carbocycles. The molecule has 0 bridgehead atoms.